The van der Waals surface area contributed by atoms with Gasteiger partial charge < -0.3 is 9.80 Å². The van der Waals surface area contributed by atoms with Crippen LogP contribution in [0.15, 0.2) is 48.5 Å². The van der Waals surface area contributed by atoms with E-state index in [-0.39, 0.29) is 11.7 Å². The van der Waals surface area contributed by atoms with Crippen molar-refractivity contribution < 1.29 is 9.18 Å². The maximum Gasteiger partial charge on any atom is 0.256 e. The van der Waals surface area contributed by atoms with Crippen LogP contribution in [-0.4, -0.2) is 47.9 Å². The highest BCUT2D eigenvalue weighted by Crippen LogP contribution is 2.20. The van der Waals surface area contributed by atoms with Gasteiger partial charge in [-0.2, -0.15) is 0 Å². The number of carbonyl (C=O) groups excluding carboxylic acids is 1. The lowest BCUT2D eigenvalue weighted by Crippen LogP contribution is -2.36. The molecule has 3 aromatic rings. The zero-order valence-corrected chi connectivity index (χ0v) is 16.9. The molecule has 4 nitrogen and oxygen atoms in total. The fourth-order valence-electron chi connectivity index (χ4n) is 3.19. The molecule has 3 rings (SSSR count). The highest BCUT2D eigenvalue weighted by atomic mass is 19.1. The fraction of sp³-hybridized carbons (Fsp3) is 0.304. The summed E-state index contributed by atoms with van der Waals surface area (Å²) in [6.07, 6.45) is 0. The van der Waals surface area contributed by atoms with Crippen LogP contribution in [0.2, 0.25) is 0 Å². The largest absolute Gasteiger partial charge is 0.333 e. The van der Waals surface area contributed by atoms with Gasteiger partial charge in [-0.25, -0.2) is 4.39 Å². The first-order valence-corrected chi connectivity index (χ1v) is 9.40. The number of pyridine rings is 1. The molecule has 0 saturated heterocycles. The summed E-state index contributed by atoms with van der Waals surface area (Å²) >= 11 is 0. The van der Waals surface area contributed by atoms with Gasteiger partial charge in [-0.15, -0.1) is 0 Å². The predicted octanol–water partition coefficient (Wildman–Crippen LogP) is 4.19. The number of likely N-dealkylation sites (N-methyl/N-ethyl adjacent to an activating group) is 1. The van der Waals surface area contributed by atoms with Gasteiger partial charge in [0.1, 0.15) is 5.82 Å². The monoisotopic (exact) mass is 379 g/mol. The fourth-order valence-corrected chi connectivity index (χ4v) is 3.19. The van der Waals surface area contributed by atoms with Crippen molar-refractivity contribution in [2.45, 2.75) is 20.4 Å². The molecule has 1 aromatic heterocycles. The van der Waals surface area contributed by atoms with Crippen LogP contribution in [0.25, 0.3) is 10.9 Å². The zero-order valence-electron chi connectivity index (χ0n) is 16.9. The first-order chi connectivity index (χ1) is 13.3. The Morgan fingerprint density at radius 3 is 2.54 bits per heavy atom. The number of rotatable bonds is 6. The van der Waals surface area contributed by atoms with Crippen LogP contribution in [0.3, 0.4) is 0 Å². The molecule has 2 aromatic carbocycles. The van der Waals surface area contributed by atoms with E-state index in [1.165, 1.54) is 12.1 Å². The van der Waals surface area contributed by atoms with E-state index in [2.05, 4.69) is 4.98 Å². The van der Waals surface area contributed by atoms with Crippen LogP contribution in [0.1, 0.15) is 27.2 Å². The number of hydrogen-bond donors (Lipinski definition) is 0. The summed E-state index contributed by atoms with van der Waals surface area (Å²) in [7, 11) is 3.94. The quantitative estimate of drug-likeness (QED) is 0.644. The molecule has 0 saturated carbocycles. The second-order valence-electron chi connectivity index (χ2n) is 7.48. The van der Waals surface area contributed by atoms with Gasteiger partial charge in [0.15, 0.2) is 0 Å². The van der Waals surface area contributed by atoms with Gasteiger partial charge in [0.25, 0.3) is 5.91 Å². The molecule has 0 N–H and O–H groups in total. The number of nitrogens with zero attached hydrogens (tertiary/aromatic N) is 3. The van der Waals surface area contributed by atoms with Crippen molar-refractivity contribution in [3.05, 3.63) is 76.7 Å². The van der Waals surface area contributed by atoms with Gasteiger partial charge in [0.05, 0.1) is 16.8 Å². The van der Waals surface area contributed by atoms with Crippen LogP contribution in [0.4, 0.5) is 4.39 Å². The van der Waals surface area contributed by atoms with Gasteiger partial charge in [0, 0.05) is 25.0 Å². The first-order valence-electron chi connectivity index (χ1n) is 9.40. The zero-order chi connectivity index (χ0) is 20.3. The van der Waals surface area contributed by atoms with Crippen molar-refractivity contribution >= 4 is 16.8 Å². The van der Waals surface area contributed by atoms with Gasteiger partial charge in [0.2, 0.25) is 0 Å². The maximum atomic E-state index is 13.6. The molecule has 0 aliphatic rings. The topological polar surface area (TPSA) is 36.4 Å². The smallest absolute Gasteiger partial charge is 0.256 e. The van der Waals surface area contributed by atoms with Crippen LogP contribution in [-0.2, 0) is 6.54 Å². The minimum absolute atomic E-state index is 0.0846. The Balaban J connectivity index is 1.94. The number of benzene rings is 2. The van der Waals surface area contributed by atoms with Gasteiger partial charge in [-0.3, -0.25) is 9.78 Å². The van der Waals surface area contributed by atoms with Crippen molar-refractivity contribution in [2.24, 2.45) is 0 Å². The van der Waals surface area contributed by atoms with Gasteiger partial charge in [-0.1, -0.05) is 24.3 Å². The molecule has 0 atom stereocenters. The molecule has 28 heavy (non-hydrogen) atoms. The number of hydrogen-bond acceptors (Lipinski definition) is 3. The number of halogens is 1. The molecular weight excluding hydrogens is 353 g/mol. The molecule has 146 valence electrons. The second-order valence-corrected chi connectivity index (χ2v) is 7.48. The lowest BCUT2D eigenvalue weighted by molar-refractivity contribution is 0.0730. The molecule has 5 heteroatoms. The maximum absolute atomic E-state index is 13.6. The highest BCUT2D eigenvalue weighted by molar-refractivity contribution is 5.98. The van der Waals surface area contributed by atoms with E-state index >= 15 is 0 Å². The predicted molar refractivity (Wildman–Crippen MR) is 111 cm³/mol. The van der Waals surface area contributed by atoms with Crippen molar-refractivity contribution in [1.82, 2.24) is 14.8 Å². The number of aromatic nitrogens is 1. The summed E-state index contributed by atoms with van der Waals surface area (Å²) in [4.78, 5) is 21.8. The van der Waals surface area contributed by atoms with Crippen LogP contribution in [0, 0.1) is 19.7 Å². The average Bonchev–Trinajstić information content (AvgIpc) is 2.64. The highest BCUT2D eigenvalue weighted by Gasteiger charge is 2.20. The summed E-state index contributed by atoms with van der Waals surface area (Å²) in [6.45, 7) is 5.52. The van der Waals surface area contributed by atoms with Crippen LogP contribution in [0.5, 0.6) is 0 Å². The molecule has 1 heterocycles. The third-order valence-electron chi connectivity index (χ3n) is 4.76. The number of aryl methyl sites for hydroxylation is 2. The third-order valence-corrected chi connectivity index (χ3v) is 4.76. The molecule has 1 amide bonds. The Hall–Kier alpha value is -2.79. The Labute approximate surface area is 165 Å². The van der Waals surface area contributed by atoms with Gasteiger partial charge >= 0.3 is 0 Å². The molecule has 0 aliphatic heterocycles. The van der Waals surface area contributed by atoms with E-state index in [0.717, 1.165) is 28.6 Å². The van der Waals surface area contributed by atoms with Crippen molar-refractivity contribution in [3.8, 4) is 0 Å². The molecule has 0 aliphatic carbocycles. The Morgan fingerprint density at radius 2 is 1.82 bits per heavy atom. The van der Waals surface area contributed by atoms with Gasteiger partial charge in [-0.05, 0) is 63.3 Å². The molecule has 0 spiro atoms. The van der Waals surface area contributed by atoms with E-state index in [0.29, 0.717) is 24.3 Å². The first kappa shape index (κ1) is 20.0. The summed E-state index contributed by atoms with van der Waals surface area (Å²) in [5.74, 6) is -0.380. The third kappa shape index (κ3) is 4.73. The molecule has 0 unspecified atom stereocenters. The summed E-state index contributed by atoms with van der Waals surface area (Å²) < 4.78 is 13.6. The van der Waals surface area contributed by atoms with E-state index in [4.69, 9.17) is 0 Å². The number of fused-ring (bicyclic) bond motifs is 1. The van der Waals surface area contributed by atoms with Crippen molar-refractivity contribution in [3.63, 3.8) is 0 Å². The number of carbonyl (C=O) groups is 1. The van der Waals surface area contributed by atoms with E-state index in [1.807, 2.05) is 63.2 Å². The molecule has 0 bridgehead atoms. The SMILES string of the molecule is Cc1ccc2cc(C(=O)N(CCN(C)C)Cc3cccc(F)c3)c(C)nc2c1. The van der Waals surface area contributed by atoms with E-state index in [1.54, 1.807) is 11.0 Å². The summed E-state index contributed by atoms with van der Waals surface area (Å²) in [5.41, 5.74) is 4.09. The second kappa shape index (κ2) is 8.48. The lowest BCUT2D eigenvalue weighted by Gasteiger charge is -2.25. The average molecular weight is 379 g/mol. The van der Waals surface area contributed by atoms with Crippen LogP contribution < -0.4 is 0 Å². The lowest BCUT2D eigenvalue weighted by atomic mass is 10.1. The van der Waals surface area contributed by atoms with Crippen molar-refractivity contribution in [2.75, 3.05) is 27.2 Å². The summed E-state index contributed by atoms with van der Waals surface area (Å²) in [5, 5.41) is 0.942. The number of amides is 1. The summed E-state index contributed by atoms with van der Waals surface area (Å²) in [6, 6.07) is 14.3. The molecular formula is C23H26FN3O. The molecule has 0 fully saturated rings. The Kier molecular flexibility index (Phi) is 6.05. The van der Waals surface area contributed by atoms with Crippen LogP contribution >= 0.6 is 0 Å². The molecule has 0 radical (unpaired) electrons. The Bertz CT molecular complexity index is 1000. The minimum atomic E-state index is -0.295. The van der Waals surface area contributed by atoms with E-state index in [9.17, 15) is 9.18 Å². The minimum Gasteiger partial charge on any atom is -0.333 e. The Morgan fingerprint density at radius 1 is 1.04 bits per heavy atom. The normalized spacial score (nSPS) is 11.2. The van der Waals surface area contributed by atoms with Crippen molar-refractivity contribution in [1.29, 1.82) is 0 Å². The standard InChI is InChI=1S/C23H26FN3O/c1-16-8-9-19-14-21(17(2)25-22(19)12-16)23(28)27(11-10-26(3)4)15-18-6-5-7-20(24)13-18/h5-9,12-14H,10-11,15H2,1-4H3. The van der Waals surface area contributed by atoms with E-state index < -0.39 is 0 Å².